The van der Waals surface area contributed by atoms with Gasteiger partial charge in [-0.05, 0) is 56.2 Å². The monoisotopic (exact) mass is 347 g/mol. The van der Waals surface area contributed by atoms with Crippen molar-refractivity contribution < 1.29 is 14.3 Å². The number of carbonyl (C=O) groups is 1. The molecule has 2 aromatic carbocycles. The SMILES string of the molecule is Cc1ccc(O[C@H](C)C(=O)NCCOc2ccccc2Cl)cc1C. The highest BCUT2D eigenvalue weighted by molar-refractivity contribution is 6.32. The second kappa shape index (κ2) is 8.60. The van der Waals surface area contributed by atoms with Gasteiger partial charge in [0.1, 0.15) is 18.1 Å². The molecule has 0 heterocycles. The van der Waals surface area contributed by atoms with Crippen molar-refractivity contribution in [1.29, 1.82) is 0 Å². The highest BCUT2D eigenvalue weighted by atomic mass is 35.5. The molecule has 0 fully saturated rings. The van der Waals surface area contributed by atoms with Crippen LogP contribution in [0.25, 0.3) is 0 Å². The molecule has 0 saturated heterocycles. The van der Waals surface area contributed by atoms with E-state index in [1.54, 1.807) is 19.1 Å². The third-order valence-electron chi connectivity index (χ3n) is 3.66. The summed E-state index contributed by atoms with van der Waals surface area (Å²) in [5, 5.41) is 3.34. The topological polar surface area (TPSA) is 47.6 Å². The third kappa shape index (κ3) is 5.17. The minimum absolute atomic E-state index is 0.184. The summed E-state index contributed by atoms with van der Waals surface area (Å²) in [6.07, 6.45) is -0.576. The molecule has 4 nitrogen and oxygen atoms in total. The number of carbonyl (C=O) groups excluding carboxylic acids is 1. The highest BCUT2D eigenvalue weighted by Gasteiger charge is 2.14. The maximum absolute atomic E-state index is 12.1. The van der Waals surface area contributed by atoms with E-state index in [9.17, 15) is 4.79 Å². The molecule has 1 atom stereocenters. The molecule has 0 saturated carbocycles. The molecule has 5 heteroatoms. The fraction of sp³-hybridized carbons (Fsp3) is 0.316. The Morgan fingerprint density at radius 1 is 1.17 bits per heavy atom. The van der Waals surface area contributed by atoms with E-state index in [4.69, 9.17) is 21.1 Å². The van der Waals surface area contributed by atoms with Crippen LogP contribution in [0, 0.1) is 13.8 Å². The lowest BCUT2D eigenvalue weighted by molar-refractivity contribution is -0.127. The Morgan fingerprint density at radius 3 is 2.62 bits per heavy atom. The van der Waals surface area contributed by atoms with Gasteiger partial charge in [0.15, 0.2) is 6.10 Å². The number of rotatable bonds is 7. The Labute approximate surface area is 147 Å². The van der Waals surface area contributed by atoms with E-state index in [1.165, 1.54) is 5.56 Å². The number of para-hydroxylation sites is 1. The lowest BCUT2D eigenvalue weighted by atomic mass is 10.1. The Kier molecular flexibility index (Phi) is 6.50. The van der Waals surface area contributed by atoms with E-state index in [-0.39, 0.29) is 5.91 Å². The number of nitrogens with one attached hydrogen (secondary N) is 1. The van der Waals surface area contributed by atoms with Crippen molar-refractivity contribution in [2.75, 3.05) is 13.2 Å². The molecule has 1 amide bonds. The summed E-state index contributed by atoms with van der Waals surface area (Å²) in [7, 11) is 0. The third-order valence-corrected chi connectivity index (χ3v) is 3.97. The van der Waals surface area contributed by atoms with E-state index in [0.717, 1.165) is 5.56 Å². The largest absolute Gasteiger partial charge is 0.490 e. The molecule has 0 unspecified atom stereocenters. The predicted molar refractivity (Wildman–Crippen MR) is 96.0 cm³/mol. The normalized spacial score (nSPS) is 11.7. The molecular formula is C19H22ClNO3. The molecule has 2 aromatic rings. The van der Waals surface area contributed by atoms with Crippen LogP contribution in [0.3, 0.4) is 0 Å². The molecule has 24 heavy (non-hydrogen) atoms. The molecule has 0 aromatic heterocycles. The molecule has 0 aliphatic rings. The van der Waals surface area contributed by atoms with E-state index in [2.05, 4.69) is 5.32 Å². The van der Waals surface area contributed by atoms with Crippen LogP contribution in [0.4, 0.5) is 0 Å². The second-order valence-corrected chi connectivity index (χ2v) is 5.98. The van der Waals surface area contributed by atoms with Crippen molar-refractivity contribution in [2.24, 2.45) is 0 Å². The average Bonchev–Trinajstić information content (AvgIpc) is 2.56. The maximum Gasteiger partial charge on any atom is 0.260 e. The van der Waals surface area contributed by atoms with Gasteiger partial charge in [-0.2, -0.15) is 0 Å². The zero-order valence-electron chi connectivity index (χ0n) is 14.1. The van der Waals surface area contributed by atoms with E-state index in [1.807, 2.05) is 44.2 Å². The molecule has 0 spiro atoms. The van der Waals surface area contributed by atoms with Crippen molar-refractivity contribution in [3.63, 3.8) is 0 Å². The van der Waals surface area contributed by atoms with Crippen molar-refractivity contribution in [3.8, 4) is 11.5 Å². The lowest BCUT2D eigenvalue weighted by Crippen LogP contribution is -2.38. The summed E-state index contributed by atoms with van der Waals surface area (Å²) in [4.78, 5) is 12.1. The van der Waals surface area contributed by atoms with Crippen LogP contribution in [0.1, 0.15) is 18.1 Å². The number of hydrogen-bond acceptors (Lipinski definition) is 3. The number of benzene rings is 2. The molecule has 2 rings (SSSR count). The average molecular weight is 348 g/mol. The summed E-state index contributed by atoms with van der Waals surface area (Å²) < 4.78 is 11.2. The zero-order chi connectivity index (χ0) is 17.5. The number of aryl methyl sites for hydroxylation is 2. The maximum atomic E-state index is 12.1. The first-order chi connectivity index (χ1) is 11.5. The van der Waals surface area contributed by atoms with Gasteiger partial charge in [0.05, 0.1) is 11.6 Å². The summed E-state index contributed by atoms with van der Waals surface area (Å²) in [5.41, 5.74) is 2.32. The Morgan fingerprint density at radius 2 is 1.92 bits per heavy atom. The van der Waals surface area contributed by atoms with E-state index in [0.29, 0.717) is 29.7 Å². The summed E-state index contributed by atoms with van der Waals surface area (Å²) in [5.74, 6) is 1.11. The molecule has 0 bridgehead atoms. The number of hydrogen-bond donors (Lipinski definition) is 1. The van der Waals surface area contributed by atoms with E-state index < -0.39 is 6.10 Å². The van der Waals surface area contributed by atoms with Crippen LogP contribution in [0.5, 0.6) is 11.5 Å². The van der Waals surface area contributed by atoms with Gasteiger partial charge in [-0.3, -0.25) is 4.79 Å². The zero-order valence-corrected chi connectivity index (χ0v) is 14.9. The van der Waals surface area contributed by atoms with Gasteiger partial charge in [-0.15, -0.1) is 0 Å². The number of amides is 1. The van der Waals surface area contributed by atoms with Gasteiger partial charge in [0, 0.05) is 0 Å². The van der Waals surface area contributed by atoms with Gasteiger partial charge in [0.2, 0.25) is 0 Å². The van der Waals surface area contributed by atoms with Crippen LogP contribution in [0.2, 0.25) is 5.02 Å². The minimum atomic E-state index is -0.576. The van der Waals surface area contributed by atoms with Gasteiger partial charge in [-0.1, -0.05) is 29.8 Å². The molecule has 1 N–H and O–H groups in total. The lowest BCUT2D eigenvalue weighted by Gasteiger charge is -2.16. The summed E-state index contributed by atoms with van der Waals surface area (Å²) >= 11 is 6.00. The summed E-state index contributed by atoms with van der Waals surface area (Å²) in [6, 6.07) is 13.0. The number of halogens is 1. The van der Waals surface area contributed by atoms with Crippen LogP contribution in [-0.2, 0) is 4.79 Å². The van der Waals surface area contributed by atoms with Crippen molar-refractivity contribution in [1.82, 2.24) is 5.32 Å². The Balaban J connectivity index is 1.75. The fourth-order valence-electron chi connectivity index (χ4n) is 2.09. The van der Waals surface area contributed by atoms with Crippen LogP contribution >= 0.6 is 11.6 Å². The van der Waals surface area contributed by atoms with Crippen LogP contribution in [0.15, 0.2) is 42.5 Å². The van der Waals surface area contributed by atoms with Gasteiger partial charge in [-0.25, -0.2) is 0 Å². The number of ether oxygens (including phenoxy) is 2. The molecule has 128 valence electrons. The second-order valence-electron chi connectivity index (χ2n) is 5.58. The van der Waals surface area contributed by atoms with Crippen molar-refractivity contribution >= 4 is 17.5 Å². The highest BCUT2D eigenvalue weighted by Crippen LogP contribution is 2.22. The smallest absolute Gasteiger partial charge is 0.260 e. The van der Waals surface area contributed by atoms with Crippen molar-refractivity contribution in [2.45, 2.75) is 26.9 Å². The standard InChI is InChI=1S/C19H22ClNO3/c1-13-8-9-16(12-14(13)2)24-15(3)19(22)21-10-11-23-18-7-5-4-6-17(18)20/h4-9,12,15H,10-11H2,1-3H3,(H,21,22)/t15-/m1/s1. The molecule has 0 aliphatic carbocycles. The first-order valence-corrected chi connectivity index (χ1v) is 8.24. The quantitative estimate of drug-likeness (QED) is 0.772. The van der Waals surface area contributed by atoms with Crippen LogP contribution in [-0.4, -0.2) is 25.2 Å². The Hall–Kier alpha value is -2.20. The Bertz CT molecular complexity index is 703. The van der Waals surface area contributed by atoms with Crippen molar-refractivity contribution in [3.05, 3.63) is 58.6 Å². The van der Waals surface area contributed by atoms with Gasteiger partial charge in [0.25, 0.3) is 5.91 Å². The van der Waals surface area contributed by atoms with Crippen LogP contribution < -0.4 is 14.8 Å². The van der Waals surface area contributed by atoms with E-state index >= 15 is 0 Å². The fourth-order valence-corrected chi connectivity index (χ4v) is 2.28. The molecule has 0 aliphatic heterocycles. The predicted octanol–water partition coefficient (Wildman–Crippen LogP) is 3.92. The first-order valence-electron chi connectivity index (χ1n) is 7.86. The minimum Gasteiger partial charge on any atom is -0.490 e. The first kappa shape index (κ1) is 18.1. The molecular weight excluding hydrogens is 326 g/mol. The van der Waals surface area contributed by atoms with Gasteiger partial charge >= 0.3 is 0 Å². The molecule has 0 radical (unpaired) electrons. The van der Waals surface area contributed by atoms with Gasteiger partial charge < -0.3 is 14.8 Å². The summed E-state index contributed by atoms with van der Waals surface area (Å²) in [6.45, 7) is 6.49.